The van der Waals surface area contributed by atoms with E-state index < -0.39 is 6.23 Å². The van der Waals surface area contributed by atoms with Crippen LogP contribution in [-0.4, -0.2) is 15.7 Å². The summed E-state index contributed by atoms with van der Waals surface area (Å²) in [5.74, 6) is 0.667. The van der Waals surface area contributed by atoms with Gasteiger partial charge in [-0.1, -0.05) is 59.6 Å². The van der Waals surface area contributed by atoms with Crippen molar-refractivity contribution < 1.29 is 4.74 Å². The third kappa shape index (κ3) is 2.85. The first-order chi connectivity index (χ1) is 13.2. The minimum Gasteiger partial charge on any atom is -0.463 e. The van der Waals surface area contributed by atoms with Crippen molar-refractivity contribution in [1.82, 2.24) is 9.99 Å². The summed E-state index contributed by atoms with van der Waals surface area (Å²) in [6.45, 7) is 0. The molecule has 3 heterocycles. The summed E-state index contributed by atoms with van der Waals surface area (Å²) in [6, 6.07) is 17.7. The second kappa shape index (κ2) is 6.55. The van der Waals surface area contributed by atoms with Crippen LogP contribution in [-0.2, 0) is 0 Å². The molecule has 2 aliphatic rings. The molecule has 0 amide bonds. The molecule has 0 bridgehead atoms. The van der Waals surface area contributed by atoms with E-state index in [0.29, 0.717) is 15.8 Å². The molecular weight excluding hydrogens is 381 g/mol. The molecule has 0 spiro atoms. The molecule has 0 N–H and O–H groups in total. The maximum Gasteiger partial charge on any atom is 0.215 e. The van der Waals surface area contributed by atoms with Crippen LogP contribution in [0.5, 0.6) is 5.75 Å². The molecule has 6 heteroatoms. The van der Waals surface area contributed by atoms with Gasteiger partial charge in [0.15, 0.2) is 0 Å². The summed E-state index contributed by atoms with van der Waals surface area (Å²) in [6.07, 6.45) is 3.91. The fraction of sp³-hybridized carbons (Fsp3) is 0.143. The molecule has 5 rings (SSSR count). The lowest BCUT2D eigenvalue weighted by Crippen LogP contribution is -2.33. The van der Waals surface area contributed by atoms with Gasteiger partial charge in [0.1, 0.15) is 5.75 Å². The van der Waals surface area contributed by atoms with Gasteiger partial charge < -0.3 is 4.74 Å². The summed E-state index contributed by atoms with van der Waals surface area (Å²) in [7, 11) is 0. The molecule has 4 nitrogen and oxygen atoms in total. The molecule has 134 valence electrons. The lowest BCUT2D eigenvalue weighted by Gasteiger charge is -2.38. The first-order valence-electron chi connectivity index (χ1n) is 8.67. The van der Waals surface area contributed by atoms with Crippen LogP contribution in [0.3, 0.4) is 0 Å². The number of halogens is 2. The molecule has 0 saturated heterocycles. The van der Waals surface area contributed by atoms with Gasteiger partial charge in [0.25, 0.3) is 0 Å². The zero-order valence-corrected chi connectivity index (χ0v) is 15.7. The number of pyridine rings is 1. The maximum absolute atomic E-state index is 6.46. The third-order valence-electron chi connectivity index (χ3n) is 4.88. The van der Waals surface area contributed by atoms with Crippen LogP contribution in [0.25, 0.3) is 0 Å². The van der Waals surface area contributed by atoms with Gasteiger partial charge in [0, 0.05) is 35.0 Å². The fourth-order valence-corrected chi connectivity index (χ4v) is 4.22. The molecule has 3 aromatic rings. The summed E-state index contributed by atoms with van der Waals surface area (Å²) in [4.78, 5) is 4.23. The number of aromatic nitrogens is 1. The van der Waals surface area contributed by atoms with Crippen molar-refractivity contribution >= 4 is 28.9 Å². The SMILES string of the molecule is Clc1cc(Cl)c2c(c1)[C@@H]1CC(c3ccccc3)=NN1[C@H](c1cccnc1)O2. The maximum atomic E-state index is 6.46. The fourth-order valence-electron chi connectivity index (χ4n) is 3.66. The van der Waals surface area contributed by atoms with Crippen LogP contribution in [0.1, 0.15) is 35.4 Å². The molecule has 0 fully saturated rings. The number of hydrazone groups is 1. The van der Waals surface area contributed by atoms with Crippen LogP contribution in [0.4, 0.5) is 0 Å². The predicted molar refractivity (Wildman–Crippen MR) is 106 cm³/mol. The molecule has 2 aromatic carbocycles. The smallest absolute Gasteiger partial charge is 0.215 e. The summed E-state index contributed by atoms with van der Waals surface area (Å²) in [5.41, 5.74) is 4.01. The van der Waals surface area contributed by atoms with E-state index in [9.17, 15) is 0 Å². The molecule has 0 radical (unpaired) electrons. The Bertz CT molecular complexity index is 1020. The van der Waals surface area contributed by atoms with E-state index in [4.69, 9.17) is 33.0 Å². The molecule has 2 aliphatic heterocycles. The van der Waals surface area contributed by atoms with Crippen molar-refractivity contribution in [3.8, 4) is 5.75 Å². The lowest BCUT2D eigenvalue weighted by molar-refractivity contribution is -0.0191. The van der Waals surface area contributed by atoms with Crippen molar-refractivity contribution in [2.45, 2.75) is 18.7 Å². The first kappa shape index (κ1) is 16.6. The number of hydrogen-bond acceptors (Lipinski definition) is 4. The summed E-state index contributed by atoms with van der Waals surface area (Å²) in [5, 5.41) is 8.01. The summed E-state index contributed by atoms with van der Waals surface area (Å²) >= 11 is 12.7. The van der Waals surface area contributed by atoms with E-state index in [0.717, 1.165) is 28.8 Å². The van der Waals surface area contributed by atoms with Gasteiger partial charge in [-0.05, 0) is 23.8 Å². The minimum absolute atomic E-state index is 0.00497. The Balaban J connectivity index is 1.64. The van der Waals surface area contributed by atoms with E-state index in [1.54, 1.807) is 18.5 Å². The zero-order valence-electron chi connectivity index (χ0n) is 14.2. The Morgan fingerprint density at radius 1 is 1.04 bits per heavy atom. The largest absolute Gasteiger partial charge is 0.463 e. The van der Waals surface area contributed by atoms with E-state index in [1.807, 2.05) is 41.4 Å². The van der Waals surface area contributed by atoms with Gasteiger partial charge in [-0.2, -0.15) is 5.10 Å². The molecule has 0 aliphatic carbocycles. The standard InChI is InChI=1S/C21H15Cl2N3O/c22-15-9-16-19-11-18(13-5-2-1-3-6-13)25-26(19)21(14-7-4-8-24-12-14)27-20(16)17(23)10-15/h1-10,12,19,21H,11H2/t19-,21-/m0/s1. The Labute approximate surface area is 167 Å². The Morgan fingerprint density at radius 3 is 2.67 bits per heavy atom. The van der Waals surface area contributed by atoms with Gasteiger partial charge >= 0.3 is 0 Å². The van der Waals surface area contributed by atoms with Crippen LogP contribution in [0.15, 0.2) is 72.1 Å². The van der Waals surface area contributed by atoms with Crippen LogP contribution in [0, 0.1) is 0 Å². The Morgan fingerprint density at radius 2 is 1.89 bits per heavy atom. The average Bonchev–Trinajstić information content (AvgIpc) is 3.15. The monoisotopic (exact) mass is 395 g/mol. The Hall–Kier alpha value is -2.56. The number of benzene rings is 2. The number of hydrogen-bond donors (Lipinski definition) is 0. The van der Waals surface area contributed by atoms with Gasteiger partial charge in [-0.3, -0.25) is 4.98 Å². The lowest BCUT2D eigenvalue weighted by atomic mass is 9.96. The van der Waals surface area contributed by atoms with Crippen LogP contribution < -0.4 is 4.74 Å². The van der Waals surface area contributed by atoms with Gasteiger partial charge in [-0.15, -0.1) is 0 Å². The summed E-state index contributed by atoms with van der Waals surface area (Å²) < 4.78 is 6.29. The van der Waals surface area contributed by atoms with E-state index >= 15 is 0 Å². The first-order valence-corrected chi connectivity index (χ1v) is 9.43. The minimum atomic E-state index is -0.393. The quantitative estimate of drug-likeness (QED) is 0.563. The highest BCUT2D eigenvalue weighted by Gasteiger charge is 2.42. The van der Waals surface area contributed by atoms with Crippen molar-refractivity contribution in [3.05, 3.63) is 93.7 Å². The van der Waals surface area contributed by atoms with Crippen molar-refractivity contribution in [2.24, 2.45) is 5.10 Å². The van der Waals surface area contributed by atoms with Gasteiger partial charge in [0.05, 0.1) is 16.8 Å². The van der Waals surface area contributed by atoms with E-state index in [2.05, 4.69) is 17.1 Å². The van der Waals surface area contributed by atoms with Crippen molar-refractivity contribution in [3.63, 3.8) is 0 Å². The third-order valence-corrected chi connectivity index (χ3v) is 5.38. The average molecular weight is 396 g/mol. The topological polar surface area (TPSA) is 37.7 Å². The van der Waals surface area contributed by atoms with Crippen molar-refractivity contribution in [2.75, 3.05) is 0 Å². The molecule has 2 atom stereocenters. The zero-order chi connectivity index (χ0) is 18.4. The molecule has 27 heavy (non-hydrogen) atoms. The Kier molecular flexibility index (Phi) is 4.03. The highest BCUT2D eigenvalue weighted by Crippen LogP contribution is 2.50. The van der Waals surface area contributed by atoms with Gasteiger partial charge in [-0.25, -0.2) is 5.01 Å². The van der Waals surface area contributed by atoms with Gasteiger partial charge in [0.2, 0.25) is 6.23 Å². The number of nitrogens with zero attached hydrogens (tertiary/aromatic N) is 3. The normalized spacial score (nSPS) is 20.5. The highest BCUT2D eigenvalue weighted by molar-refractivity contribution is 6.35. The molecule has 0 saturated carbocycles. The molecular formula is C21H15Cl2N3O. The molecule has 0 unspecified atom stereocenters. The van der Waals surface area contributed by atoms with Crippen LogP contribution >= 0.6 is 23.2 Å². The highest BCUT2D eigenvalue weighted by atomic mass is 35.5. The second-order valence-corrected chi connectivity index (χ2v) is 7.42. The van der Waals surface area contributed by atoms with Crippen molar-refractivity contribution in [1.29, 1.82) is 0 Å². The van der Waals surface area contributed by atoms with Crippen LogP contribution in [0.2, 0.25) is 10.0 Å². The number of fused-ring (bicyclic) bond motifs is 3. The van der Waals surface area contributed by atoms with E-state index in [1.165, 1.54) is 0 Å². The molecule has 1 aromatic heterocycles. The number of ether oxygens (including phenoxy) is 1. The number of rotatable bonds is 2. The second-order valence-electron chi connectivity index (χ2n) is 6.58. The predicted octanol–water partition coefficient (Wildman–Crippen LogP) is 5.63. The van der Waals surface area contributed by atoms with E-state index in [-0.39, 0.29) is 6.04 Å².